The molecule has 0 aliphatic carbocycles. The zero-order valence-corrected chi connectivity index (χ0v) is 8.27. The molecule has 5 heteroatoms. The molecule has 0 bridgehead atoms. The van der Waals surface area contributed by atoms with E-state index in [-0.39, 0.29) is 6.61 Å². The van der Waals surface area contributed by atoms with Crippen molar-refractivity contribution in [3.05, 3.63) is 24.3 Å². The summed E-state index contributed by atoms with van der Waals surface area (Å²) in [6.45, 7) is 0.878. The summed E-state index contributed by atoms with van der Waals surface area (Å²) >= 11 is 0. The fourth-order valence-electron chi connectivity index (χ4n) is 1.06. The highest BCUT2D eigenvalue weighted by Gasteiger charge is 1.99. The van der Waals surface area contributed by atoms with Gasteiger partial charge in [0.1, 0.15) is 5.75 Å². The van der Waals surface area contributed by atoms with E-state index in [1.54, 1.807) is 18.2 Å². The van der Waals surface area contributed by atoms with Gasteiger partial charge in [0.05, 0.1) is 0 Å². The number of ether oxygens (including phenoxy) is 1. The van der Waals surface area contributed by atoms with Crippen LogP contribution in [0.3, 0.4) is 0 Å². The van der Waals surface area contributed by atoms with Gasteiger partial charge in [0.15, 0.2) is 6.61 Å². The predicted octanol–water partition coefficient (Wildman–Crippen LogP) is 0.521. The van der Waals surface area contributed by atoms with Crippen molar-refractivity contribution in [3.63, 3.8) is 0 Å². The summed E-state index contributed by atoms with van der Waals surface area (Å²) in [7, 11) is 0. The van der Waals surface area contributed by atoms with Gasteiger partial charge in [-0.15, -0.1) is 0 Å². The maximum Gasteiger partial charge on any atom is 0.341 e. The molecule has 82 valence electrons. The Labute approximate surface area is 87.9 Å². The smallest absolute Gasteiger partial charge is 0.341 e. The predicted molar refractivity (Wildman–Crippen MR) is 57.1 cm³/mol. The minimum atomic E-state index is -0.990. The fourth-order valence-corrected chi connectivity index (χ4v) is 1.06. The molecule has 0 atom stereocenters. The first-order valence-corrected chi connectivity index (χ1v) is 4.61. The SMILES string of the molecule is NCCNc1cccc(OCC(=O)O)c1. The van der Waals surface area contributed by atoms with E-state index < -0.39 is 5.97 Å². The highest BCUT2D eigenvalue weighted by atomic mass is 16.5. The van der Waals surface area contributed by atoms with Crippen LogP contribution in [0.15, 0.2) is 24.3 Å². The minimum Gasteiger partial charge on any atom is -0.482 e. The molecule has 4 N–H and O–H groups in total. The fraction of sp³-hybridized carbons (Fsp3) is 0.300. The molecular formula is C10H14N2O3. The van der Waals surface area contributed by atoms with E-state index in [2.05, 4.69) is 5.32 Å². The van der Waals surface area contributed by atoms with Gasteiger partial charge in [-0.2, -0.15) is 0 Å². The number of benzene rings is 1. The molecule has 0 unspecified atom stereocenters. The van der Waals surface area contributed by atoms with Crippen molar-refractivity contribution < 1.29 is 14.6 Å². The molecule has 0 radical (unpaired) electrons. The summed E-state index contributed by atoms with van der Waals surface area (Å²) in [4.78, 5) is 10.3. The number of carboxylic acid groups (broad SMARTS) is 1. The molecule has 5 nitrogen and oxygen atoms in total. The molecule has 1 rings (SSSR count). The van der Waals surface area contributed by atoms with Crippen LogP contribution in [0.25, 0.3) is 0 Å². The largest absolute Gasteiger partial charge is 0.482 e. The van der Waals surface area contributed by atoms with Crippen LogP contribution in [-0.2, 0) is 4.79 Å². The number of hydrogen-bond donors (Lipinski definition) is 3. The Morgan fingerprint density at radius 3 is 3.00 bits per heavy atom. The van der Waals surface area contributed by atoms with Gasteiger partial charge in [-0.3, -0.25) is 0 Å². The number of nitrogens with two attached hydrogens (primary N) is 1. The lowest BCUT2D eigenvalue weighted by Crippen LogP contribution is -2.13. The zero-order valence-electron chi connectivity index (χ0n) is 8.27. The van der Waals surface area contributed by atoms with E-state index in [1.165, 1.54) is 0 Å². The van der Waals surface area contributed by atoms with Crippen molar-refractivity contribution in [3.8, 4) is 5.75 Å². The average Bonchev–Trinajstić information content (AvgIpc) is 2.24. The van der Waals surface area contributed by atoms with E-state index >= 15 is 0 Å². The van der Waals surface area contributed by atoms with E-state index in [4.69, 9.17) is 15.6 Å². The molecule has 1 aromatic carbocycles. The molecular weight excluding hydrogens is 196 g/mol. The molecule has 0 saturated heterocycles. The van der Waals surface area contributed by atoms with E-state index in [1.807, 2.05) is 6.07 Å². The molecule has 0 aromatic heterocycles. The van der Waals surface area contributed by atoms with Crippen LogP contribution in [0.2, 0.25) is 0 Å². The monoisotopic (exact) mass is 210 g/mol. The van der Waals surface area contributed by atoms with Crippen molar-refractivity contribution in [1.82, 2.24) is 0 Å². The molecule has 0 saturated carbocycles. The first kappa shape index (κ1) is 11.3. The van der Waals surface area contributed by atoms with Crippen molar-refractivity contribution in [1.29, 1.82) is 0 Å². The second kappa shape index (κ2) is 5.87. The van der Waals surface area contributed by atoms with Gasteiger partial charge in [0, 0.05) is 24.8 Å². The van der Waals surface area contributed by atoms with Gasteiger partial charge < -0.3 is 20.9 Å². The number of carbonyl (C=O) groups is 1. The van der Waals surface area contributed by atoms with Crippen LogP contribution in [0, 0.1) is 0 Å². The third kappa shape index (κ3) is 4.33. The maximum atomic E-state index is 10.3. The summed E-state index contributed by atoms with van der Waals surface area (Å²) in [5.74, 6) is -0.463. The highest BCUT2D eigenvalue weighted by molar-refractivity contribution is 5.68. The normalized spacial score (nSPS) is 9.67. The van der Waals surface area contributed by atoms with Gasteiger partial charge in [0.2, 0.25) is 0 Å². The van der Waals surface area contributed by atoms with Crippen LogP contribution < -0.4 is 15.8 Å². The Balaban J connectivity index is 2.53. The molecule has 0 aliphatic rings. The zero-order chi connectivity index (χ0) is 11.1. The van der Waals surface area contributed by atoms with Gasteiger partial charge in [-0.05, 0) is 12.1 Å². The summed E-state index contributed by atoms with van der Waals surface area (Å²) in [6.07, 6.45) is 0. The van der Waals surface area contributed by atoms with E-state index in [9.17, 15) is 4.79 Å². The Morgan fingerprint density at radius 2 is 2.33 bits per heavy atom. The minimum absolute atomic E-state index is 0.333. The summed E-state index contributed by atoms with van der Waals surface area (Å²) in [5.41, 5.74) is 6.21. The van der Waals surface area contributed by atoms with Gasteiger partial charge in [-0.25, -0.2) is 4.79 Å². The molecule has 0 amide bonds. The van der Waals surface area contributed by atoms with E-state index in [0.29, 0.717) is 18.8 Å². The average molecular weight is 210 g/mol. The molecule has 0 aliphatic heterocycles. The number of nitrogens with one attached hydrogen (secondary N) is 1. The topological polar surface area (TPSA) is 84.6 Å². The summed E-state index contributed by atoms with van der Waals surface area (Å²) < 4.78 is 5.02. The van der Waals surface area contributed by atoms with Crippen LogP contribution in [0.1, 0.15) is 0 Å². The Kier molecular flexibility index (Phi) is 4.43. The Hall–Kier alpha value is -1.75. The third-order valence-corrected chi connectivity index (χ3v) is 1.67. The summed E-state index contributed by atoms with van der Waals surface area (Å²) in [6, 6.07) is 7.09. The van der Waals surface area contributed by atoms with Gasteiger partial charge >= 0.3 is 5.97 Å². The number of hydrogen-bond acceptors (Lipinski definition) is 4. The molecule has 0 spiro atoms. The molecule has 15 heavy (non-hydrogen) atoms. The van der Waals surface area contributed by atoms with Crippen LogP contribution in [0.5, 0.6) is 5.75 Å². The van der Waals surface area contributed by atoms with Gasteiger partial charge in [-0.1, -0.05) is 6.07 Å². The van der Waals surface area contributed by atoms with E-state index in [0.717, 1.165) is 5.69 Å². The lowest BCUT2D eigenvalue weighted by Gasteiger charge is -2.07. The standard InChI is InChI=1S/C10H14N2O3/c11-4-5-12-8-2-1-3-9(6-8)15-7-10(13)14/h1-3,6,12H,4-5,7,11H2,(H,13,14). The van der Waals surface area contributed by atoms with Crippen molar-refractivity contribution in [2.24, 2.45) is 5.73 Å². The molecule has 0 fully saturated rings. The number of anilines is 1. The highest BCUT2D eigenvalue weighted by Crippen LogP contribution is 2.16. The van der Waals surface area contributed by atoms with Gasteiger partial charge in [0.25, 0.3) is 0 Å². The third-order valence-electron chi connectivity index (χ3n) is 1.67. The van der Waals surface area contributed by atoms with Crippen LogP contribution in [-0.4, -0.2) is 30.8 Å². The number of aliphatic carboxylic acids is 1. The maximum absolute atomic E-state index is 10.3. The van der Waals surface area contributed by atoms with Crippen LogP contribution in [0.4, 0.5) is 5.69 Å². The lowest BCUT2D eigenvalue weighted by molar-refractivity contribution is -0.139. The second-order valence-corrected chi connectivity index (χ2v) is 2.93. The van der Waals surface area contributed by atoms with Crippen molar-refractivity contribution in [2.45, 2.75) is 0 Å². The van der Waals surface area contributed by atoms with Crippen molar-refractivity contribution >= 4 is 11.7 Å². The number of rotatable bonds is 6. The Bertz CT molecular complexity index is 328. The lowest BCUT2D eigenvalue weighted by atomic mass is 10.3. The summed E-state index contributed by atoms with van der Waals surface area (Å²) in [5, 5.41) is 11.5. The number of carboxylic acids is 1. The first-order valence-electron chi connectivity index (χ1n) is 4.61. The molecule has 0 heterocycles. The second-order valence-electron chi connectivity index (χ2n) is 2.93. The molecule has 1 aromatic rings. The first-order chi connectivity index (χ1) is 7.22. The Morgan fingerprint density at radius 1 is 1.53 bits per heavy atom. The van der Waals surface area contributed by atoms with Crippen LogP contribution >= 0.6 is 0 Å². The quantitative estimate of drug-likeness (QED) is 0.637. The van der Waals surface area contributed by atoms with Crippen molar-refractivity contribution in [2.75, 3.05) is 25.0 Å².